The van der Waals surface area contributed by atoms with Gasteiger partial charge in [0.25, 0.3) is 0 Å². The number of carbonyl (C=O) groups is 2. The summed E-state index contributed by atoms with van der Waals surface area (Å²) in [7, 11) is -2.43. The fourth-order valence-electron chi connectivity index (χ4n) is 1.49. The van der Waals surface area contributed by atoms with Crippen molar-refractivity contribution in [2.24, 2.45) is 0 Å². The number of halogens is 1. The second kappa shape index (κ2) is 7.41. The first kappa shape index (κ1) is 17.4. The Morgan fingerprint density at radius 1 is 1.38 bits per heavy atom. The number of hydrogen-bond donors (Lipinski definition) is 2. The summed E-state index contributed by atoms with van der Waals surface area (Å²) in [5.41, 5.74) is 0.0958. The molecule has 0 saturated carbocycles. The lowest BCUT2D eigenvalue weighted by atomic mass is 10.2. The average Bonchev–Trinajstić information content (AvgIpc) is 2.39. The van der Waals surface area contributed by atoms with Crippen molar-refractivity contribution >= 4 is 43.6 Å². The van der Waals surface area contributed by atoms with Gasteiger partial charge in [0.2, 0.25) is 10.0 Å². The Hall–Kier alpha value is -1.61. The van der Waals surface area contributed by atoms with Crippen molar-refractivity contribution in [2.45, 2.75) is 12.8 Å². The van der Waals surface area contributed by atoms with Crippen LogP contribution in [0.2, 0.25) is 0 Å². The van der Waals surface area contributed by atoms with Crippen molar-refractivity contribution < 1.29 is 27.9 Å². The van der Waals surface area contributed by atoms with Gasteiger partial charge in [-0.1, -0.05) is 0 Å². The van der Waals surface area contributed by atoms with Crippen LogP contribution in [-0.4, -0.2) is 38.3 Å². The SMILES string of the molecule is COC(=O)CCCS(=O)(=O)Nc1ccc(Br)c(C(=O)O)c1. The minimum atomic E-state index is -3.66. The van der Waals surface area contributed by atoms with Crippen LogP contribution in [0.25, 0.3) is 0 Å². The molecule has 0 radical (unpaired) electrons. The van der Waals surface area contributed by atoms with Crippen LogP contribution in [0.3, 0.4) is 0 Å². The van der Waals surface area contributed by atoms with E-state index in [-0.39, 0.29) is 29.8 Å². The number of carbonyl (C=O) groups excluding carboxylic acids is 1. The van der Waals surface area contributed by atoms with Crippen LogP contribution in [0.5, 0.6) is 0 Å². The van der Waals surface area contributed by atoms with E-state index in [9.17, 15) is 18.0 Å². The van der Waals surface area contributed by atoms with Crippen LogP contribution in [-0.2, 0) is 19.6 Å². The van der Waals surface area contributed by atoms with Gasteiger partial charge < -0.3 is 9.84 Å². The molecule has 0 atom stereocenters. The summed E-state index contributed by atoms with van der Waals surface area (Å²) in [6, 6.07) is 4.09. The maximum atomic E-state index is 11.8. The molecule has 7 nitrogen and oxygen atoms in total. The Morgan fingerprint density at radius 3 is 2.62 bits per heavy atom. The Balaban J connectivity index is 2.73. The van der Waals surface area contributed by atoms with E-state index in [4.69, 9.17) is 5.11 Å². The van der Waals surface area contributed by atoms with Crippen molar-refractivity contribution in [3.63, 3.8) is 0 Å². The summed E-state index contributed by atoms with van der Waals surface area (Å²) in [6.45, 7) is 0. The van der Waals surface area contributed by atoms with Crippen LogP contribution >= 0.6 is 15.9 Å². The fraction of sp³-hybridized carbons (Fsp3) is 0.333. The maximum Gasteiger partial charge on any atom is 0.336 e. The number of carboxylic acids is 1. The molecule has 0 aromatic heterocycles. The monoisotopic (exact) mass is 379 g/mol. The first-order valence-electron chi connectivity index (χ1n) is 5.85. The highest BCUT2D eigenvalue weighted by atomic mass is 79.9. The Labute approximate surface area is 130 Å². The minimum Gasteiger partial charge on any atom is -0.478 e. The molecule has 21 heavy (non-hydrogen) atoms. The van der Waals surface area contributed by atoms with Crippen LogP contribution in [0.15, 0.2) is 22.7 Å². The standard InChI is InChI=1S/C12H14BrNO6S/c1-20-11(15)3-2-6-21(18,19)14-8-4-5-10(13)9(7-8)12(16)17/h4-5,7,14H,2-3,6H2,1H3,(H,16,17). The average molecular weight is 380 g/mol. The Bertz CT molecular complexity index is 643. The minimum absolute atomic E-state index is 0.00186. The number of ether oxygens (including phenoxy) is 1. The van der Waals surface area contributed by atoms with E-state index in [0.717, 1.165) is 0 Å². The fourth-order valence-corrected chi connectivity index (χ4v) is 3.02. The van der Waals surface area contributed by atoms with Crippen molar-refractivity contribution in [1.82, 2.24) is 0 Å². The lowest BCUT2D eigenvalue weighted by Crippen LogP contribution is -2.18. The van der Waals surface area contributed by atoms with E-state index in [2.05, 4.69) is 25.4 Å². The number of hydrogen-bond acceptors (Lipinski definition) is 5. The summed E-state index contributed by atoms with van der Waals surface area (Å²) < 4.78 is 30.7. The molecule has 2 N–H and O–H groups in total. The number of benzene rings is 1. The van der Waals surface area contributed by atoms with E-state index >= 15 is 0 Å². The number of rotatable bonds is 7. The zero-order valence-corrected chi connectivity index (χ0v) is 13.5. The van der Waals surface area contributed by atoms with Crippen LogP contribution in [0, 0.1) is 0 Å². The third-order valence-corrected chi connectivity index (χ3v) is 4.56. The molecule has 0 bridgehead atoms. The summed E-state index contributed by atoms with van der Waals surface area (Å²) >= 11 is 3.07. The molecule has 1 aromatic rings. The Kier molecular flexibility index (Phi) is 6.16. The van der Waals surface area contributed by atoms with E-state index in [0.29, 0.717) is 4.47 Å². The lowest BCUT2D eigenvalue weighted by Gasteiger charge is -2.09. The van der Waals surface area contributed by atoms with Gasteiger partial charge in [-0.15, -0.1) is 0 Å². The highest BCUT2D eigenvalue weighted by molar-refractivity contribution is 9.10. The second-order valence-electron chi connectivity index (χ2n) is 4.10. The van der Waals surface area contributed by atoms with E-state index in [1.54, 1.807) is 0 Å². The molecular weight excluding hydrogens is 366 g/mol. The van der Waals surface area contributed by atoms with Gasteiger partial charge >= 0.3 is 11.9 Å². The normalized spacial score (nSPS) is 11.0. The number of nitrogens with one attached hydrogen (secondary N) is 1. The number of methoxy groups -OCH3 is 1. The molecule has 1 rings (SSSR count). The molecule has 0 aliphatic heterocycles. The zero-order valence-electron chi connectivity index (χ0n) is 11.1. The molecule has 0 unspecified atom stereocenters. The van der Waals surface area contributed by atoms with Crippen LogP contribution in [0.4, 0.5) is 5.69 Å². The van der Waals surface area contributed by atoms with Gasteiger partial charge in [-0.2, -0.15) is 0 Å². The number of anilines is 1. The quantitative estimate of drug-likeness (QED) is 0.699. The number of aromatic carboxylic acids is 1. The molecular formula is C12H14BrNO6S. The van der Waals surface area contributed by atoms with Gasteiger partial charge in [0.1, 0.15) is 0 Å². The van der Waals surface area contributed by atoms with Gasteiger partial charge in [-0.05, 0) is 40.5 Å². The van der Waals surface area contributed by atoms with Crippen LogP contribution in [0.1, 0.15) is 23.2 Å². The maximum absolute atomic E-state index is 11.8. The Morgan fingerprint density at radius 2 is 2.05 bits per heavy atom. The summed E-state index contributed by atoms with van der Waals surface area (Å²) in [6.07, 6.45) is 0.114. The third-order valence-electron chi connectivity index (χ3n) is 2.49. The second-order valence-corrected chi connectivity index (χ2v) is 6.80. The predicted molar refractivity (Wildman–Crippen MR) is 79.8 cm³/mol. The van der Waals surface area contributed by atoms with Crippen LogP contribution < -0.4 is 4.72 Å². The van der Waals surface area contributed by atoms with Gasteiger partial charge in [-0.3, -0.25) is 9.52 Å². The highest BCUT2D eigenvalue weighted by Crippen LogP contribution is 2.22. The molecule has 9 heteroatoms. The molecule has 0 aliphatic rings. The number of esters is 1. The predicted octanol–water partition coefficient (Wildman–Crippen LogP) is 1.84. The smallest absolute Gasteiger partial charge is 0.336 e. The van der Waals surface area contributed by atoms with Crippen molar-refractivity contribution in [3.05, 3.63) is 28.2 Å². The summed E-state index contributed by atoms with van der Waals surface area (Å²) in [5, 5.41) is 8.96. The molecule has 0 spiro atoms. The largest absolute Gasteiger partial charge is 0.478 e. The molecule has 0 saturated heterocycles. The molecule has 0 aliphatic carbocycles. The van der Waals surface area contributed by atoms with E-state index in [1.165, 1.54) is 25.3 Å². The van der Waals surface area contributed by atoms with Gasteiger partial charge in [0.15, 0.2) is 0 Å². The molecule has 0 fully saturated rings. The summed E-state index contributed by atoms with van der Waals surface area (Å²) in [4.78, 5) is 21.9. The molecule has 1 aromatic carbocycles. The first-order valence-corrected chi connectivity index (χ1v) is 8.30. The first-order chi connectivity index (χ1) is 9.75. The molecule has 0 amide bonds. The third kappa shape index (κ3) is 5.72. The lowest BCUT2D eigenvalue weighted by molar-refractivity contribution is -0.140. The van der Waals surface area contributed by atoms with Crippen molar-refractivity contribution in [2.75, 3.05) is 17.6 Å². The zero-order chi connectivity index (χ0) is 16.0. The molecule has 116 valence electrons. The van der Waals surface area contributed by atoms with Crippen molar-refractivity contribution in [1.29, 1.82) is 0 Å². The van der Waals surface area contributed by atoms with Gasteiger partial charge in [0.05, 0.1) is 18.4 Å². The van der Waals surface area contributed by atoms with E-state index < -0.39 is 22.0 Å². The summed E-state index contributed by atoms with van der Waals surface area (Å²) in [5.74, 6) is -1.92. The van der Waals surface area contributed by atoms with Crippen molar-refractivity contribution in [3.8, 4) is 0 Å². The van der Waals surface area contributed by atoms with E-state index in [1.807, 2.05) is 0 Å². The highest BCUT2D eigenvalue weighted by Gasteiger charge is 2.14. The topological polar surface area (TPSA) is 110 Å². The van der Waals surface area contributed by atoms with Gasteiger partial charge in [-0.25, -0.2) is 13.2 Å². The number of sulfonamides is 1. The molecule has 0 heterocycles. The van der Waals surface area contributed by atoms with Gasteiger partial charge in [0, 0.05) is 16.6 Å². The number of carboxylic acid groups (broad SMARTS) is 1.